The van der Waals surface area contributed by atoms with Gasteiger partial charge in [-0.15, -0.1) is 0 Å². The fraction of sp³-hybridized carbons (Fsp3) is 0.929. The lowest BCUT2D eigenvalue weighted by atomic mass is 9.92. The molecule has 0 aromatic rings. The van der Waals surface area contributed by atoms with E-state index in [-0.39, 0.29) is 6.04 Å². The van der Waals surface area contributed by atoms with Crippen molar-refractivity contribution in [2.24, 2.45) is 0 Å². The van der Waals surface area contributed by atoms with Crippen molar-refractivity contribution in [2.75, 3.05) is 33.2 Å². The van der Waals surface area contributed by atoms with Crippen LogP contribution in [-0.2, 0) is 4.79 Å². The molecule has 0 radical (unpaired) electrons. The number of carbonyl (C=O) groups is 1. The van der Waals surface area contributed by atoms with E-state index in [9.17, 15) is 9.90 Å². The third-order valence-corrected chi connectivity index (χ3v) is 4.55. The molecule has 1 aliphatic rings. The molecule has 3 atom stereocenters. The number of hydrogen-bond donors (Lipinski definition) is 2. The van der Waals surface area contributed by atoms with Crippen molar-refractivity contribution in [2.45, 2.75) is 51.7 Å². The van der Waals surface area contributed by atoms with E-state index >= 15 is 0 Å². The van der Waals surface area contributed by atoms with Gasteiger partial charge >= 0.3 is 5.97 Å². The third-order valence-electron chi connectivity index (χ3n) is 4.55. The van der Waals surface area contributed by atoms with Gasteiger partial charge < -0.3 is 10.4 Å². The van der Waals surface area contributed by atoms with E-state index in [1.807, 2.05) is 0 Å². The Bertz CT molecular complexity index is 311. The summed E-state index contributed by atoms with van der Waals surface area (Å²) in [4.78, 5) is 16.2. The first-order valence-corrected chi connectivity index (χ1v) is 7.24. The Kier molecular flexibility index (Phi) is 5.77. The summed E-state index contributed by atoms with van der Waals surface area (Å²) < 4.78 is 0. The number of nitrogens with zero attached hydrogens (tertiary/aromatic N) is 2. The molecule has 0 amide bonds. The van der Waals surface area contributed by atoms with Crippen LogP contribution in [0, 0.1) is 0 Å². The molecule has 5 nitrogen and oxygen atoms in total. The zero-order valence-corrected chi connectivity index (χ0v) is 12.9. The summed E-state index contributed by atoms with van der Waals surface area (Å²) in [5.41, 5.74) is -0.843. The van der Waals surface area contributed by atoms with Crippen LogP contribution in [0.15, 0.2) is 0 Å². The van der Waals surface area contributed by atoms with Crippen molar-refractivity contribution in [1.82, 2.24) is 15.1 Å². The van der Waals surface area contributed by atoms with Gasteiger partial charge in [0.05, 0.1) is 0 Å². The lowest BCUT2D eigenvalue weighted by molar-refractivity contribution is -0.144. The summed E-state index contributed by atoms with van der Waals surface area (Å²) in [6.45, 7) is 12.5. The van der Waals surface area contributed by atoms with Crippen LogP contribution < -0.4 is 5.32 Å². The average Bonchev–Trinajstić information content (AvgIpc) is 2.38. The molecule has 5 heteroatoms. The first-order valence-electron chi connectivity index (χ1n) is 7.24. The lowest BCUT2D eigenvalue weighted by Gasteiger charge is -2.43. The van der Waals surface area contributed by atoms with Crippen LogP contribution >= 0.6 is 0 Å². The topological polar surface area (TPSA) is 55.8 Å². The van der Waals surface area contributed by atoms with Gasteiger partial charge in [-0.1, -0.05) is 6.92 Å². The number of hydrogen-bond acceptors (Lipinski definition) is 4. The number of likely N-dealkylation sites (N-methyl/N-ethyl adjacent to an activating group) is 2. The van der Waals surface area contributed by atoms with Gasteiger partial charge in [0.15, 0.2) is 0 Å². The molecule has 3 unspecified atom stereocenters. The molecule has 0 saturated carbocycles. The van der Waals surface area contributed by atoms with Crippen molar-refractivity contribution in [3.63, 3.8) is 0 Å². The van der Waals surface area contributed by atoms with Gasteiger partial charge in [-0.05, 0) is 40.8 Å². The second-order valence-electron chi connectivity index (χ2n) is 5.91. The molecular weight excluding hydrogens is 242 g/mol. The molecule has 1 rings (SSSR count). The second-order valence-corrected chi connectivity index (χ2v) is 5.91. The summed E-state index contributed by atoms with van der Waals surface area (Å²) in [5, 5.41) is 12.3. The van der Waals surface area contributed by atoms with E-state index < -0.39 is 11.5 Å². The van der Waals surface area contributed by atoms with Crippen molar-refractivity contribution in [1.29, 1.82) is 0 Å². The highest BCUT2D eigenvalue weighted by Gasteiger charge is 2.35. The van der Waals surface area contributed by atoms with Crippen molar-refractivity contribution in [3.8, 4) is 0 Å². The van der Waals surface area contributed by atoms with Crippen LogP contribution in [0.1, 0.15) is 34.1 Å². The Morgan fingerprint density at radius 1 is 1.53 bits per heavy atom. The lowest BCUT2D eigenvalue weighted by Crippen LogP contribution is -2.57. The number of piperazine rings is 1. The van der Waals surface area contributed by atoms with Crippen LogP contribution in [0.2, 0.25) is 0 Å². The smallest absolute Gasteiger partial charge is 0.323 e. The molecule has 2 N–H and O–H groups in total. The van der Waals surface area contributed by atoms with E-state index in [2.05, 4.69) is 35.9 Å². The third kappa shape index (κ3) is 3.91. The molecule has 112 valence electrons. The van der Waals surface area contributed by atoms with E-state index in [0.717, 1.165) is 26.2 Å². The monoisotopic (exact) mass is 271 g/mol. The Morgan fingerprint density at radius 3 is 2.58 bits per heavy atom. The molecule has 1 heterocycles. The van der Waals surface area contributed by atoms with Crippen LogP contribution in [0.3, 0.4) is 0 Å². The Hall–Kier alpha value is -0.650. The fourth-order valence-corrected chi connectivity index (χ4v) is 2.91. The standard InChI is InChI=1S/C14H29N3O2/c1-6-16-7-8-17(10-12(16)3)11(2)9-14(4,15-5)13(18)19/h11-12,15H,6-10H2,1-5H3,(H,18,19). The quantitative estimate of drug-likeness (QED) is 0.750. The summed E-state index contributed by atoms with van der Waals surface area (Å²) in [7, 11) is 1.72. The van der Waals surface area contributed by atoms with Gasteiger partial charge in [0, 0.05) is 31.7 Å². The maximum atomic E-state index is 11.3. The summed E-state index contributed by atoms with van der Waals surface area (Å²) in [5.74, 6) is -0.776. The normalized spacial score (nSPS) is 26.9. The second kappa shape index (κ2) is 6.68. The van der Waals surface area contributed by atoms with Gasteiger partial charge in [0.2, 0.25) is 0 Å². The maximum Gasteiger partial charge on any atom is 0.323 e. The molecule has 0 aliphatic carbocycles. The molecule has 1 fully saturated rings. The van der Waals surface area contributed by atoms with Crippen LogP contribution in [0.5, 0.6) is 0 Å². The zero-order valence-electron chi connectivity index (χ0n) is 12.9. The number of carboxylic acid groups (broad SMARTS) is 1. The molecular formula is C14H29N3O2. The average molecular weight is 271 g/mol. The van der Waals surface area contributed by atoms with Crippen LogP contribution in [0.4, 0.5) is 0 Å². The molecule has 19 heavy (non-hydrogen) atoms. The Labute approximate surface area is 117 Å². The molecule has 0 spiro atoms. The first kappa shape index (κ1) is 16.4. The molecule has 0 aromatic carbocycles. The van der Waals surface area contributed by atoms with E-state index in [1.54, 1.807) is 14.0 Å². The van der Waals surface area contributed by atoms with Gasteiger partial charge in [-0.3, -0.25) is 14.6 Å². The SMILES string of the molecule is CCN1CCN(C(C)CC(C)(NC)C(=O)O)CC1C. The molecule has 1 saturated heterocycles. The van der Waals surface area contributed by atoms with E-state index in [1.165, 1.54) is 0 Å². The molecule has 0 bridgehead atoms. The predicted octanol–water partition coefficient (Wildman–Crippen LogP) is 0.854. The van der Waals surface area contributed by atoms with Gasteiger partial charge in [-0.25, -0.2) is 0 Å². The Morgan fingerprint density at radius 2 is 2.16 bits per heavy atom. The summed E-state index contributed by atoms with van der Waals surface area (Å²) in [6.07, 6.45) is 0.623. The molecule has 0 aromatic heterocycles. The minimum absolute atomic E-state index is 0.273. The van der Waals surface area contributed by atoms with Gasteiger partial charge in [-0.2, -0.15) is 0 Å². The minimum atomic E-state index is -0.843. The van der Waals surface area contributed by atoms with Gasteiger partial charge in [0.1, 0.15) is 5.54 Å². The van der Waals surface area contributed by atoms with Crippen molar-refractivity contribution in [3.05, 3.63) is 0 Å². The predicted molar refractivity (Wildman–Crippen MR) is 77.5 cm³/mol. The molecule has 1 aliphatic heterocycles. The number of rotatable bonds is 6. The van der Waals surface area contributed by atoms with Crippen molar-refractivity contribution < 1.29 is 9.90 Å². The highest BCUT2D eigenvalue weighted by molar-refractivity contribution is 5.78. The highest BCUT2D eigenvalue weighted by Crippen LogP contribution is 2.19. The fourth-order valence-electron chi connectivity index (χ4n) is 2.91. The Balaban J connectivity index is 2.59. The van der Waals surface area contributed by atoms with Crippen LogP contribution in [0.25, 0.3) is 0 Å². The number of aliphatic carboxylic acids is 1. The zero-order chi connectivity index (χ0) is 14.6. The van der Waals surface area contributed by atoms with Gasteiger partial charge in [0.25, 0.3) is 0 Å². The van der Waals surface area contributed by atoms with E-state index in [0.29, 0.717) is 12.5 Å². The summed E-state index contributed by atoms with van der Waals surface area (Å²) >= 11 is 0. The largest absolute Gasteiger partial charge is 0.480 e. The minimum Gasteiger partial charge on any atom is -0.480 e. The first-order chi connectivity index (χ1) is 8.84. The number of nitrogens with one attached hydrogen (secondary N) is 1. The number of carboxylic acids is 1. The van der Waals surface area contributed by atoms with Crippen molar-refractivity contribution >= 4 is 5.97 Å². The highest BCUT2D eigenvalue weighted by atomic mass is 16.4. The summed E-state index contributed by atoms with van der Waals surface area (Å²) in [6, 6.07) is 0.821. The maximum absolute atomic E-state index is 11.3. The van der Waals surface area contributed by atoms with E-state index in [4.69, 9.17) is 0 Å². The van der Waals surface area contributed by atoms with Crippen LogP contribution in [-0.4, -0.2) is 71.7 Å².